The number of hydrazone groups is 1. The Morgan fingerprint density at radius 3 is 2.90 bits per heavy atom. The predicted molar refractivity (Wildman–Crippen MR) is 84.9 cm³/mol. The molecule has 0 unspecified atom stereocenters. The first kappa shape index (κ1) is 15.8. The van der Waals surface area contributed by atoms with Crippen LogP contribution in [0.5, 0.6) is 5.75 Å². The van der Waals surface area contributed by atoms with Crippen LogP contribution in [0.2, 0.25) is 5.02 Å². The number of aryl methyl sites for hydroxylation is 1. The largest absolute Gasteiger partial charge is 0.483 e. The fraction of sp³-hybridized carbons (Fsp3) is 0.500. The number of amides is 1. The van der Waals surface area contributed by atoms with Crippen LogP contribution in [0.4, 0.5) is 0 Å². The van der Waals surface area contributed by atoms with Gasteiger partial charge in [0, 0.05) is 11.2 Å². The molecule has 0 bridgehead atoms. The van der Waals surface area contributed by atoms with E-state index in [1.165, 1.54) is 32.1 Å². The highest BCUT2D eigenvalue weighted by Gasteiger charge is 2.11. The number of carbonyl (C=O) groups is 1. The van der Waals surface area contributed by atoms with Gasteiger partial charge in [-0.1, -0.05) is 30.9 Å². The molecule has 0 atom stereocenters. The molecule has 1 aromatic carbocycles. The van der Waals surface area contributed by atoms with Crippen LogP contribution in [0.25, 0.3) is 0 Å². The molecule has 1 amide bonds. The molecule has 0 heterocycles. The van der Waals surface area contributed by atoms with E-state index in [1.54, 1.807) is 18.2 Å². The van der Waals surface area contributed by atoms with Crippen LogP contribution in [0.15, 0.2) is 23.3 Å². The molecule has 0 spiro atoms. The minimum Gasteiger partial charge on any atom is -0.483 e. The van der Waals surface area contributed by atoms with Crippen molar-refractivity contribution in [2.45, 2.75) is 39.0 Å². The van der Waals surface area contributed by atoms with Gasteiger partial charge in [-0.15, -0.1) is 0 Å². The summed E-state index contributed by atoms with van der Waals surface area (Å²) in [5.74, 6) is 0.903. The van der Waals surface area contributed by atoms with E-state index in [-0.39, 0.29) is 12.5 Å². The summed E-state index contributed by atoms with van der Waals surface area (Å²) >= 11 is 5.87. The van der Waals surface area contributed by atoms with Crippen LogP contribution in [-0.4, -0.2) is 18.7 Å². The van der Waals surface area contributed by atoms with Crippen molar-refractivity contribution in [1.82, 2.24) is 5.43 Å². The quantitative estimate of drug-likeness (QED) is 0.666. The van der Waals surface area contributed by atoms with Crippen LogP contribution in [0.3, 0.4) is 0 Å². The van der Waals surface area contributed by atoms with Gasteiger partial charge in [-0.3, -0.25) is 4.79 Å². The molecule has 1 saturated carbocycles. The second kappa shape index (κ2) is 8.03. The molecule has 1 N–H and O–H groups in total. The van der Waals surface area contributed by atoms with Gasteiger partial charge in [0.05, 0.1) is 0 Å². The van der Waals surface area contributed by atoms with Crippen molar-refractivity contribution in [3.05, 3.63) is 28.8 Å². The highest BCUT2D eigenvalue weighted by Crippen LogP contribution is 2.22. The monoisotopic (exact) mass is 308 g/mol. The summed E-state index contributed by atoms with van der Waals surface area (Å²) in [6.45, 7) is 1.84. The standard InChI is InChI=1S/C16H21ClN2O2/c1-12-9-14(17)7-8-15(12)21-11-16(20)19-18-10-13-5-3-2-4-6-13/h7-10,13H,2-6,11H2,1H3,(H,19,20)/b18-10+. The molecule has 1 aliphatic rings. The van der Waals surface area contributed by atoms with Gasteiger partial charge < -0.3 is 4.74 Å². The number of ether oxygens (including phenoxy) is 1. The number of halogens is 1. The van der Waals surface area contributed by atoms with Gasteiger partial charge >= 0.3 is 0 Å². The van der Waals surface area contributed by atoms with E-state index in [9.17, 15) is 4.79 Å². The van der Waals surface area contributed by atoms with Crippen molar-refractivity contribution in [3.63, 3.8) is 0 Å². The van der Waals surface area contributed by atoms with E-state index < -0.39 is 0 Å². The van der Waals surface area contributed by atoms with Gasteiger partial charge in [0.15, 0.2) is 6.61 Å². The molecule has 1 fully saturated rings. The number of nitrogens with one attached hydrogen (secondary N) is 1. The van der Waals surface area contributed by atoms with Crippen LogP contribution in [0.1, 0.15) is 37.7 Å². The topological polar surface area (TPSA) is 50.7 Å². The molecule has 1 aromatic rings. The Morgan fingerprint density at radius 1 is 1.43 bits per heavy atom. The number of benzene rings is 1. The Balaban J connectivity index is 1.73. The maximum Gasteiger partial charge on any atom is 0.277 e. The zero-order valence-electron chi connectivity index (χ0n) is 12.3. The average Bonchev–Trinajstić information content (AvgIpc) is 2.47. The Hall–Kier alpha value is -1.55. The first-order chi connectivity index (χ1) is 10.1. The molecular formula is C16H21ClN2O2. The maximum atomic E-state index is 11.7. The van der Waals surface area contributed by atoms with Gasteiger partial charge in [-0.25, -0.2) is 5.43 Å². The third kappa shape index (κ3) is 5.38. The molecule has 0 aromatic heterocycles. The number of carbonyl (C=O) groups excluding carboxylic acids is 1. The molecule has 0 aliphatic heterocycles. The summed E-state index contributed by atoms with van der Waals surface area (Å²) < 4.78 is 5.45. The molecule has 0 radical (unpaired) electrons. The van der Waals surface area contributed by atoms with Crippen LogP contribution < -0.4 is 10.2 Å². The molecule has 2 rings (SSSR count). The SMILES string of the molecule is Cc1cc(Cl)ccc1OCC(=O)N/N=C/C1CCCCC1. The van der Waals surface area contributed by atoms with Crippen LogP contribution >= 0.6 is 11.6 Å². The fourth-order valence-corrected chi connectivity index (χ4v) is 2.67. The highest BCUT2D eigenvalue weighted by molar-refractivity contribution is 6.30. The van der Waals surface area contributed by atoms with Crippen molar-refractivity contribution >= 4 is 23.7 Å². The van der Waals surface area contributed by atoms with Crippen molar-refractivity contribution in [3.8, 4) is 5.75 Å². The second-order valence-corrected chi connectivity index (χ2v) is 5.85. The lowest BCUT2D eigenvalue weighted by Crippen LogP contribution is -2.25. The van der Waals surface area contributed by atoms with E-state index in [4.69, 9.17) is 16.3 Å². The lowest BCUT2D eigenvalue weighted by Gasteiger charge is -2.16. The smallest absolute Gasteiger partial charge is 0.277 e. The minimum absolute atomic E-state index is 0.0511. The van der Waals surface area contributed by atoms with Gasteiger partial charge in [-0.05, 0) is 49.4 Å². The summed E-state index contributed by atoms with van der Waals surface area (Å²) in [5.41, 5.74) is 3.41. The van der Waals surface area contributed by atoms with E-state index >= 15 is 0 Å². The van der Waals surface area contributed by atoms with Crippen molar-refractivity contribution in [1.29, 1.82) is 0 Å². The zero-order chi connectivity index (χ0) is 15.1. The molecule has 0 saturated heterocycles. The third-order valence-electron chi connectivity index (χ3n) is 3.62. The second-order valence-electron chi connectivity index (χ2n) is 5.41. The molecule has 5 heteroatoms. The van der Waals surface area contributed by atoms with E-state index in [0.29, 0.717) is 16.7 Å². The van der Waals surface area contributed by atoms with E-state index in [1.807, 2.05) is 13.1 Å². The summed E-state index contributed by atoms with van der Waals surface area (Å²) in [5, 5.41) is 4.67. The Kier molecular flexibility index (Phi) is 6.05. The Morgan fingerprint density at radius 2 is 2.19 bits per heavy atom. The molecular weight excluding hydrogens is 288 g/mol. The Labute approximate surface area is 130 Å². The van der Waals surface area contributed by atoms with Crippen LogP contribution in [0, 0.1) is 12.8 Å². The summed E-state index contributed by atoms with van der Waals surface area (Å²) in [7, 11) is 0. The molecule has 1 aliphatic carbocycles. The van der Waals surface area contributed by atoms with Gasteiger partial charge in [-0.2, -0.15) is 5.10 Å². The summed E-state index contributed by atoms with van der Waals surface area (Å²) in [6, 6.07) is 5.30. The lowest BCUT2D eigenvalue weighted by atomic mass is 9.90. The highest BCUT2D eigenvalue weighted by atomic mass is 35.5. The van der Waals surface area contributed by atoms with Crippen molar-refractivity contribution < 1.29 is 9.53 Å². The number of hydrogen-bond acceptors (Lipinski definition) is 3. The molecule has 21 heavy (non-hydrogen) atoms. The zero-order valence-corrected chi connectivity index (χ0v) is 13.0. The normalized spacial score (nSPS) is 16.1. The third-order valence-corrected chi connectivity index (χ3v) is 3.86. The van der Waals surface area contributed by atoms with Crippen LogP contribution in [-0.2, 0) is 4.79 Å². The lowest BCUT2D eigenvalue weighted by molar-refractivity contribution is -0.123. The average molecular weight is 309 g/mol. The number of nitrogens with zero attached hydrogens (tertiary/aromatic N) is 1. The van der Waals surface area contributed by atoms with E-state index in [2.05, 4.69) is 10.5 Å². The summed E-state index contributed by atoms with van der Waals surface area (Å²) in [6.07, 6.45) is 8.00. The predicted octanol–water partition coefficient (Wildman–Crippen LogP) is 3.71. The summed E-state index contributed by atoms with van der Waals surface area (Å²) in [4.78, 5) is 11.7. The number of hydrogen-bond donors (Lipinski definition) is 1. The maximum absolute atomic E-state index is 11.7. The Bertz CT molecular complexity index is 511. The van der Waals surface area contributed by atoms with E-state index in [0.717, 1.165) is 5.56 Å². The minimum atomic E-state index is -0.253. The number of rotatable bonds is 5. The van der Waals surface area contributed by atoms with Crippen molar-refractivity contribution in [2.24, 2.45) is 11.0 Å². The first-order valence-corrected chi connectivity index (χ1v) is 7.74. The van der Waals surface area contributed by atoms with Crippen molar-refractivity contribution in [2.75, 3.05) is 6.61 Å². The first-order valence-electron chi connectivity index (χ1n) is 7.36. The van der Waals surface area contributed by atoms with Gasteiger partial charge in [0.2, 0.25) is 0 Å². The van der Waals surface area contributed by atoms with Gasteiger partial charge in [0.1, 0.15) is 5.75 Å². The van der Waals surface area contributed by atoms with Gasteiger partial charge in [0.25, 0.3) is 5.91 Å². The fourth-order valence-electron chi connectivity index (χ4n) is 2.45. The molecule has 114 valence electrons. The molecule has 4 nitrogen and oxygen atoms in total.